The largest absolute Gasteiger partial charge is 0.497 e. The molecule has 0 saturated heterocycles. The van der Waals surface area contributed by atoms with E-state index < -0.39 is 5.97 Å². The van der Waals surface area contributed by atoms with Crippen molar-refractivity contribution in [2.75, 3.05) is 12.4 Å². The number of ether oxygens (including phenoxy) is 1. The maximum atomic E-state index is 10.9. The summed E-state index contributed by atoms with van der Waals surface area (Å²) in [5.41, 5.74) is 2.14. The van der Waals surface area contributed by atoms with Crippen LogP contribution in [0.15, 0.2) is 60.8 Å². The van der Waals surface area contributed by atoms with Gasteiger partial charge in [-0.05, 0) is 48.0 Å². The number of benzene rings is 2. The third-order valence-corrected chi connectivity index (χ3v) is 3.68. The van der Waals surface area contributed by atoms with Crippen molar-refractivity contribution in [1.82, 2.24) is 9.97 Å². The molecule has 3 rings (SSSR count). The van der Waals surface area contributed by atoms with Gasteiger partial charge in [-0.2, -0.15) is 0 Å². The molecule has 126 valence electrons. The second-order valence-corrected chi connectivity index (χ2v) is 5.35. The minimum Gasteiger partial charge on any atom is -0.497 e. The topological polar surface area (TPSA) is 84.3 Å². The van der Waals surface area contributed by atoms with Gasteiger partial charge in [-0.25, -0.2) is 14.8 Å². The number of anilines is 1. The zero-order valence-corrected chi connectivity index (χ0v) is 13.6. The van der Waals surface area contributed by atoms with Crippen molar-refractivity contribution in [3.8, 4) is 17.1 Å². The Bertz CT molecular complexity index is 862. The molecule has 0 atom stereocenters. The SMILES string of the molecule is COc1ccc(-c2nccc(NCc3ccc(C(=O)O)cc3)n2)cc1. The normalized spacial score (nSPS) is 10.3. The first-order valence-corrected chi connectivity index (χ1v) is 7.69. The molecule has 2 aromatic carbocycles. The van der Waals surface area contributed by atoms with Gasteiger partial charge in [0.25, 0.3) is 0 Å². The van der Waals surface area contributed by atoms with E-state index >= 15 is 0 Å². The lowest BCUT2D eigenvalue weighted by molar-refractivity contribution is 0.0697. The van der Waals surface area contributed by atoms with Crippen molar-refractivity contribution < 1.29 is 14.6 Å². The maximum absolute atomic E-state index is 10.9. The van der Waals surface area contributed by atoms with E-state index in [9.17, 15) is 4.79 Å². The van der Waals surface area contributed by atoms with Crippen LogP contribution in [0, 0.1) is 0 Å². The molecule has 0 bridgehead atoms. The second kappa shape index (κ2) is 7.44. The molecular weight excluding hydrogens is 318 g/mol. The first kappa shape index (κ1) is 16.4. The average Bonchev–Trinajstić information content (AvgIpc) is 2.67. The Balaban J connectivity index is 1.69. The second-order valence-electron chi connectivity index (χ2n) is 5.35. The molecule has 0 spiro atoms. The van der Waals surface area contributed by atoms with Gasteiger partial charge in [-0.3, -0.25) is 0 Å². The van der Waals surface area contributed by atoms with E-state index in [1.807, 2.05) is 24.3 Å². The number of carboxylic acids is 1. The lowest BCUT2D eigenvalue weighted by Crippen LogP contribution is -2.03. The Labute approximate surface area is 145 Å². The fourth-order valence-electron chi connectivity index (χ4n) is 2.29. The Morgan fingerprint density at radius 1 is 1.08 bits per heavy atom. The van der Waals surface area contributed by atoms with Gasteiger partial charge in [-0.15, -0.1) is 0 Å². The molecule has 3 aromatic rings. The number of carboxylic acid groups (broad SMARTS) is 1. The number of hydrogen-bond acceptors (Lipinski definition) is 5. The van der Waals surface area contributed by atoms with Crippen LogP contribution < -0.4 is 10.1 Å². The molecule has 0 aliphatic carbocycles. The first-order chi connectivity index (χ1) is 12.2. The van der Waals surface area contributed by atoms with Crippen molar-refractivity contribution in [3.63, 3.8) is 0 Å². The Kier molecular flexibility index (Phi) is 4.89. The summed E-state index contributed by atoms with van der Waals surface area (Å²) in [6, 6.07) is 16.1. The fraction of sp³-hybridized carbons (Fsp3) is 0.105. The van der Waals surface area contributed by atoms with Crippen LogP contribution in [0.25, 0.3) is 11.4 Å². The van der Waals surface area contributed by atoms with E-state index in [0.29, 0.717) is 18.2 Å². The van der Waals surface area contributed by atoms with Crippen molar-refractivity contribution >= 4 is 11.8 Å². The molecular formula is C19H17N3O3. The Morgan fingerprint density at radius 2 is 1.80 bits per heavy atom. The number of methoxy groups -OCH3 is 1. The van der Waals surface area contributed by atoms with Gasteiger partial charge in [0.1, 0.15) is 11.6 Å². The molecule has 0 radical (unpaired) electrons. The third kappa shape index (κ3) is 4.11. The number of aromatic nitrogens is 2. The highest BCUT2D eigenvalue weighted by atomic mass is 16.5. The molecule has 1 aromatic heterocycles. The van der Waals surface area contributed by atoms with Crippen molar-refractivity contribution in [2.45, 2.75) is 6.54 Å². The molecule has 0 aliphatic rings. The number of nitrogens with zero attached hydrogens (tertiary/aromatic N) is 2. The van der Waals surface area contributed by atoms with Crippen molar-refractivity contribution in [2.24, 2.45) is 0 Å². The summed E-state index contributed by atoms with van der Waals surface area (Å²) in [5, 5.41) is 12.1. The van der Waals surface area contributed by atoms with Crippen LogP contribution in [0.5, 0.6) is 5.75 Å². The molecule has 0 fully saturated rings. The predicted molar refractivity (Wildman–Crippen MR) is 94.7 cm³/mol. The van der Waals surface area contributed by atoms with E-state index in [0.717, 1.165) is 16.9 Å². The van der Waals surface area contributed by atoms with Gasteiger partial charge < -0.3 is 15.2 Å². The van der Waals surface area contributed by atoms with Crippen LogP contribution in [-0.4, -0.2) is 28.2 Å². The summed E-state index contributed by atoms with van der Waals surface area (Å²) in [6.07, 6.45) is 1.70. The Morgan fingerprint density at radius 3 is 2.44 bits per heavy atom. The molecule has 25 heavy (non-hydrogen) atoms. The van der Waals surface area contributed by atoms with Gasteiger partial charge in [0.2, 0.25) is 0 Å². The lowest BCUT2D eigenvalue weighted by atomic mass is 10.1. The van der Waals surface area contributed by atoms with Crippen LogP contribution in [0.3, 0.4) is 0 Å². The minimum absolute atomic E-state index is 0.271. The molecule has 0 unspecified atom stereocenters. The first-order valence-electron chi connectivity index (χ1n) is 7.69. The molecule has 2 N–H and O–H groups in total. The summed E-state index contributed by atoms with van der Waals surface area (Å²) in [4.78, 5) is 19.7. The highest BCUT2D eigenvalue weighted by Gasteiger charge is 2.05. The van der Waals surface area contributed by atoms with Crippen molar-refractivity contribution in [3.05, 3.63) is 71.9 Å². The van der Waals surface area contributed by atoms with Crippen LogP contribution in [0.1, 0.15) is 15.9 Å². The molecule has 0 amide bonds. The van der Waals surface area contributed by atoms with Crippen LogP contribution in [0.4, 0.5) is 5.82 Å². The zero-order valence-electron chi connectivity index (χ0n) is 13.6. The predicted octanol–water partition coefficient (Wildman–Crippen LogP) is 3.46. The smallest absolute Gasteiger partial charge is 0.335 e. The van der Waals surface area contributed by atoms with E-state index in [4.69, 9.17) is 9.84 Å². The quantitative estimate of drug-likeness (QED) is 0.717. The van der Waals surface area contributed by atoms with Crippen LogP contribution >= 0.6 is 0 Å². The number of rotatable bonds is 6. The summed E-state index contributed by atoms with van der Waals surface area (Å²) in [7, 11) is 1.62. The third-order valence-electron chi connectivity index (χ3n) is 3.68. The minimum atomic E-state index is -0.931. The van der Waals surface area contributed by atoms with Gasteiger partial charge in [0, 0.05) is 18.3 Å². The average molecular weight is 335 g/mol. The zero-order chi connectivity index (χ0) is 17.6. The maximum Gasteiger partial charge on any atom is 0.335 e. The summed E-state index contributed by atoms with van der Waals surface area (Å²) < 4.78 is 5.15. The molecule has 6 heteroatoms. The standard InChI is InChI=1S/C19H17N3O3/c1-25-16-8-6-14(7-9-16)18-20-11-10-17(22-18)21-12-13-2-4-15(5-3-13)19(23)24/h2-11H,12H2,1H3,(H,23,24)(H,20,21,22). The highest BCUT2D eigenvalue weighted by Crippen LogP contribution is 2.20. The van der Waals surface area contributed by atoms with E-state index in [1.54, 1.807) is 43.6 Å². The molecule has 1 heterocycles. The number of hydrogen-bond donors (Lipinski definition) is 2. The molecule has 0 saturated carbocycles. The van der Waals surface area contributed by atoms with E-state index in [1.165, 1.54) is 0 Å². The fourth-order valence-corrected chi connectivity index (χ4v) is 2.29. The monoisotopic (exact) mass is 335 g/mol. The number of aromatic carboxylic acids is 1. The van der Waals surface area contributed by atoms with Gasteiger partial charge in [0.15, 0.2) is 5.82 Å². The van der Waals surface area contributed by atoms with Crippen molar-refractivity contribution in [1.29, 1.82) is 0 Å². The summed E-state index contributed by atoms with van der Waals surface area (Å²) in [5.74, 6) is 1.17. The molecule has 0 aliphatic heterocycles. The molecule has 6 nitrogen and oxygen atoms in total. The van der Waals surface area contributed by atoms with Crippen LogP contribution in [-0.2, 0) is 6.54 Å². The van der Waals surface area contributed by atoms with Crippen LogP contribution in [0.2, 0.25) is 0 Å². The van der Waals surface area contributed by atoms with E-state index in [-0.39, 0.29) is 5.56 Å². The number of nitrogens with one attached hydrogen (secondary N) is 1. The summed E-state index contributed by atoms with van der Waals surface area (Å²) >= 11 is 0. The summed E-state index contributed by atoms with van der Waals surface area (Å²) in [6.45, 7) is 0.541. The lowest BCUT2D eigenvalue weighted by Gasteiger charge is -2.08. The highest BCUT2D eigenvalue weighted by molar-refractivity contribution is 5.87. The van der Waals surface area contributed by atoms with E-state index in [2.05, 4.69) is 15.3 Å². The van der Waals surface area contributed by atoms with Gasteiger partial charge >= 0.3 is 5.97 Å². The Hall–Kier alpha value is -3.41. The van der Waals surface area contributed by atoms with Gasteiger partial charge in [0.05, 0.1) is 12.7 Å². The van der Waals surface area contributed by atoms with Gasteiger partial charge in [-0.1, -0.05) is 12.1 Å². The number of carbonyl (C=O) groups is 1.